The van der Waals surface area contributed by atoms with Crippen LogP contribution in [0.3, 0.4) is 0 Å². The van der Waals surface area contributed by atoms with Crippen molar-refractivity contribution in [3.63, 3.8) is 0 Å². The monoisotopic (exact) mass is 214 g/mol. The Balaban J connectivity index is 2.52. The maximum Gasteiger partial charge on any atom is 0.242 e. The molecule has 0 bridgehead atoms. The van der Waals surface area contributed by atoms with Gasteiger partial charge in [-0.2, -0.15) is 0 Å². The number of likely N-dealkylation sites (N-methyl/N-ethyl adjacent to an activating group) is 1. The Morgan fingerprint density at radius 2 is 2.13 bits per heavy atom. The lowest BCUT2D eigenvalue weighted by Crippen LogP contribution is -2.57. The molecule has 1 aliphatic rings. The minimum absolute atomic E-state index is 0.0486. The quantitative estimate of drug-likeness (QED) is 0.725. The van der Waals surface area contributed by atoms with E-state index >= 15 is 0 Å². The summed E-state index contributed by atoms with van der Waals surface area (Å²) in [6.45, 7) is 6.83. The van der Waals surface area contributed by atoms with Gasteiger partial charge < -0.3 is 10.0 Å². The molecule has 0 spiro atoms. The van der Waals surface area contributed by atoms with Gasteiger partial charge in [0.15, 0.2) is 0 Å². The smallest absolute Gasteiger partial charge is 0.242 e. The van der Waals surface area contributed by atoms with Crippen molar-refractivity contribution >= 4 is 5.91 Å². The summed E-state index contributed by atoms with van der Waals surface area (Å²) in [5.74, 6) is 0.687. The van der Waals surface area contributed by atoms with Gasteiger partial charge in [-0.1, -0.05) is 13.8 Å². The summed E-state index contributed by atoms with van der Waals surface area (Å²) in [6.07, 6.45) is 1.08. The molecule has 0 aromatic heterocycles. The molecule has 0 aliphatic carbocycles. The molecule has 1 N–H and O–H groups in total. The van der Waals surface area contributed by atoms with Crippen LogP contribution >= 0.6 is 0 Å². The van der Waals surface area contributed by atoms with Crippen molar-refractivity contribution in [1.29, 1.82) is 0 Å². The second-order valence-electron chi connectivity index (χ2n) is 4.68. The van der Waals surface area contributed by atoms with Crippen molar-refractivity contribution in [2.24, 2.45) is 5.92 Å². The highest BCUT2D eigenvalue weighted by atomic mass is 16.3. The van der Waals surface area contributed by atoms with E-state index in [1.54, 1.807) is 11.9 Å². The van der Waals surface area contributed by atoms with E-state index in [1.165, 1.54) is 0 Å². The summed E-state index contributed by atoms with van der Waals surface area (Å²) in [5, 5.41) is 9.23. The number of nitrogens with zero attached hydrogens (tertiary/aromatic N) is 2. The van der Waals surface area contributed by atoms with Crippen LogP contribution in [0.2, 0.25) is 0 Å². The van der Waals surface area contributed by atoms with Gasteiger partial charge in [-0.05, 0) is 18.9 Å². The molecule has 0 aromatic rings. The molecular formula is C11H22N2O2. The maximum atomic E-state index is 11.7. The average molecular weight is 214 g/mol. The number of amides is 1. The van der Waals surface area contributed by atoms with Gasteiger partial charge in [0, 0.05) is 20.1 Å². The number of carbonyl (C=O) groups is 1. The lowest BCUT2D eigenvalue weighted by atomic mass is 10.1. The van der Waals surface area contributed by atoms with E-state index in [1.807, 2.05) is 0 Å². The second kappa shape index (κ2) is 5.47. The van der Waals surface area contributed by atoms with E-state index in [9.17, 15) is 9.90 Å². The fourth-order valence-corrected chi connectivity index (χ4v) is 1.84. The van der Waals surface area contributed by atoms with Crippen LogP contribution in [-0.2, 0) is 4.79 Å². The molecular weight excluding hydrogens is 192 g/mol. The molecule has 4 heteroatoms. The maximum absolute atomic E-state index is 11.7. The number of rotatable bonds is 4. The van der Waals surface area contributed by atoms with Crippen molar-refractivity contribution in [3.8, 4) is 0 Å². The van der Waals surface area contributed by atoms with Gasteiger partial charge in [0.25, 0.3) is 0 Å². The van der Waals surface area contributed by atoms with E-state index in [0.29, 0.717) is 5.92 Å². The van der Waals surface area contributed by atoms with Crippen LogP contribution in [0, 0.1) is 5.92 Å². The van der Waals surface area contributed by atoms with E-state index in [4.69, 9.17) is 0 Å². The first kappa shape index (κ1) is 12.5. The van der Waals surface area contributed by atoms with E-state index in [2.05, 4.69) is 18.7 Å². The molecule has 1 fully saturated rings. The van der Waals surface area contributed by atoms with Crippen molar-refractivity contribution in [1.82, 2.24) is 9.80 Å². The lowest BCUT2D eigenvalue weighted by Gasteiger charge is -2.38. The highest BCUT2D eigenvalue weighted by molar-refractivity contribution is 5.82. The minimum Gasteiger partial charge on any atom is -0.394 e. The van der Waals surface area contributed by atoms with Crippen LogP contribution in [0.1, 0.15) is 20.3 Å². The van der Waals surface area contributed by atoms with E-state index in [-0.39, 0.29) is 18.6 Å². The standard InChI is InChI=1S/C11H22N2O2/c1-9(2)4-5-13-7-6-12(3)11(15)10(13)8-14/h9-10,14H,4-8H2,1-3H3. The molecule has 1 atom stereocenters. The normalized spacial score (nSPS) is 23.9. The Morgan fingerprint density at radius 3 is 2.67 bits per heavy atom. The highest BCUT2D eigenvalue weighted by Crippen LogP contribution is 2.12. The predicted molar refractivity (Wildman–Crippen MR) is 59.5 cm³/mol. The van der Waals surface area contributed by atoms with Crippen molar-refractivity contribution < 1.29 is 9.90 Å². The number of aliphatic hydroxyl groups excluding tert-OH is 1. The number of hydrogen-bond donors (Lipinski definition) is 1. The van der Waals surface area contributed by atoms with Crippen LogP contribution < -0.4 is 0 Å². The van der Waals surface area contributed by atoms with Gasteiger partial charge in [-0.3, -0.25) is 9.69 Å². The Hall–Kier alpha value is -0.610. The zero-order valence-corrected chi connectivity index (χ0v) is 9.94. The van der Waals surface area contributed by atoms with Gasteiger partial charge in [0.05, 0.1) is 6.61 Å². The van der Waals surface area contributed by atoms with E-state index < -0.39 is 0 Å². The van der Waals surface area contributed by atoms with Crippen LogP contribution in [0.15, 0.2) is 0 Å². The molecule has 4 nitrogen and oxygen atoms in total. The summed E-state index contributed by atoms with van der Waals surface area (Å²) in [6, 6.07) is -0.317. The third kappa shape index (κ3) is 3.18. The summed E-state index contributed by atoms with van der Waals surface area (Å²) < 4.78 is 0. The van der Waals surface area contributed by atoms with Crippen LogP contribution in [0.4, 0.5) is 0 Å². The SMILES string of the molecule is CC(C)CCN1CCN(C)C(=O)C1CO. The van der Waals surface area contributed by atoms with E-state index in [0.717, 1.165) is 26.1 Å². The Bertz CT molecular complexity index is 219. The molecule has 1 saturated heterocycles. The number of piperazine rings is 1. The second-order valence-corrected chi connectivity index (χ2v) is 4.68. The highest BCUT2D eigenvalue weighted by Gasteiger charge is 2.31. The predicted octanol–water partition coefficient (Wildman–Crippen LogP) is 0.167. The molecule has 1 heterocycles. The van der Waals surface area contributed by atoms with Gasteiger partial charge in [0.2, 0.25) is 5.91 Å². The zero-order valence-electron chi connectivity index (χ0n) is 9.94. The van der Waals surface area contributed by atoms with Gasteiger partial charge in [-0.25, -0.2) is 0 Å². The van der Waals surface area contributed by atoms with Crippen LogP contribution in [0.25, 0.3) is 0 Å². The first-order valence-electron chi connectivity index (χ1n) is 5.66. The summed E-state index contributed by atoms with van der Waals surface area (Å²) in [5.41, 5.74) is 0. The lowest BCUT2D eigenvalue weighted by molar-refractivity contribution is -0.142. The fraction of sp³-hybridized carbons (Fsp3) is 0.909. The number of aliphatic hydroxyl groups is 1. The molecule has 88 valence electrons. The Kier molecular flexibility index (Phi) is 4.54. The van der Waals surface area contributed by atoms with Crippen LogP contribution in [0.5, 0.6) is 0 Å². The minimum atomic E-state index is -0.317. The summed E-state index contributed by atoms with van der Waals surface area (Å²) in [7, 11) is 1.80. The fourth-order valence-electron chi connectivity index (χ4n) is 1.84. The van der Waals surface area contributed by atoms with Crippen molar-refractivity contribution in [3.05, 3.63) is 0 Å². The van der Waals surface area contributed by atoms with Gasteiger partial charge >= 0.3 is 0 Å². The molecule has 1 rings (SSSR count). The first-order valence-corrected chi connectivity index (χ1v) is 5.66. The van der Waals surface area contributed by atoms with Gasteiger partial charge in [0.1, 0.15) is 6.04 Å². The molecule has 1 amide bonds. The molecule has 0 aromatic carbocycles. The van der Waals surface area contributed by atoms with Crippen LogP contribution in [-0.4, -0.2) is 60.1 Å². The molecule has 0 radical (unpaired) electrons. The third-order valence-electron chi connectivity index (χ3n) is 2.99. The summed E-state index contributed by atoms with van der Waals surface area (Å²) >= 11 is 0. The number of carbonyl (C=O) groups excluding carboxylic acids is 1. The number of hydrogen-bond acceptors (Lipinski definition) is 3. The summed E-state index contributed by atoms with van der Waals surface area (Å²) in [4.78, 5) is 15.5. The molecule has 15 heavy (non-hydrogen) atoms. The van der Waals surface area contributed by atoms with Crippen molar-refractivity contribution in [2.45, 2.75) is 26.3 Å². The van der Waals surface area contributed by atoms with Gasteiger partial charge in [-0.15, -0.1) is 0 Å². The topological polar surface area (TPSA) is 43.8 Å². The zero-order chi connectivity index (χ0) is 11.4. The van der Waals surface area contributed by atoms with Crippen molar-refractivity contribution in [2.75, 3.05) is 33.3 Å². The first-order chi connectivity index (χ1) is 7.06. The largest absolute Gasteiger partial charge is 0.394 e. The Labute approximate surface area is 91.9 Å². The molecule has 0 saturated carbocycles. The molecule has 1 aliphatic heterocycles. The Morgan fingerprint density at radius 1 is 1.47 bits per heavy atom. The third-order valence-corrected chi connectivity index (χ3v) is 2.99. The molecule has 1 unspecified atom stereocenters. The average Bonchev–Trinajstić information content (AvgIpc) is 2.19.